The van der Waals surface area contributed by atoms with Crippen molar-refractivity contribution >= 4 is 0 Å². The zero-order valence-corrected chi connectivity index (χ0v) is 11.3. The van der Waals surface area contributed by atoms with Crippen molar-refractivity contribution in [3.8, 4) is 0 Å². The highest BCUT2D eigenvalue weighted by atomic mass is 19.4. The largest absolute Gasteiger partial charge is 0.416 e. The van der Waals surface area contributed by atoms with Crippen molar-refractivity contribution in [2.45, 2.75) is 39.0 Å². The summed E-state index contributed by atoms with van der Waals surface area (Å²) in [4.78, 5) is 0. The number of benzene rings is 1. The van der Waals surface area contributed by atoms with Crippen molar-refractivity contribution in [2.75, 3.05) is 6.61 Å². The van der Waals surface area contributed by atoms with E-state index in [1.807, 2.05) is 13.8 Å². The summed E-state index contributed by atoms with van der Waals surface area (Å²) in [6, 6.07) is 5.06. The summed E-state index contributed by atoms with van der Waals surface area (Å²) in [6.45, 7) is 5.40. The van der Waals surface area contributed by atoms with Crippen LogP contribution < -0.4 is 5.32 Å². The summed E-state index contributed by atoms with van der Waals surface area (Å²) in [6.07, 6.45) is -4.35. The van der Waals surface area contributed by atoms with Crippen LogP contribution in [0.5, 0.6) is 0 Å². The molecule has 0 spiro atoms. The minimum Gasteiger partial charge on any atom is -0.396 e. The van der Waals surface area contributed by atoms with Gasteiger partial charge in [0.05, 0.1) is 5.56 Å². The highest BCUT2D eigenvalue weighted by molar-refractivity contribution is 5.32. The van der Waals surface area contributed by atoms with Gasteiger partial charge in [0, 0.05) is 18.7 Å². The Morgan fingerprint density at radius 2 is 1.74 bits per heavy atom. The fourth-order valence-electron chi connectivity index (χ4n) is 1.94. The topological polar surface area (TPSA) is 32.3 Å². The predicted octanol–water partition coefficient (Wildman–Crippen LogP) is 3.37. The SMILES string of the molecule is CC(NC(C)C(C)CO)c1ccccc1C(F)(F)F. The van der Waals surface area contributed by atoms with Gasteiger partial charge in [0.25, 0.3) is 0 Å². The van der Waals surface area contributed by atoms with E-state index in [0.29, 0.717) is 0 Å². The molecule has 0 bridgehead atoms. The van der Waals surface area contributed by atoms with Crippen LogP contribution in [-0.2, 0) is 6.18 Å². The minimum atomic E-state index is -4.35. The standard InChI is InChI=1S/C14H20F3NO/c1-9(8-19)10(2)18-11(3)12-6-4-5-7-13(12)14(15,16)17/h4-7,9-11,18-19H,8H2,1-3H3. The van der Waals surface area contributed by atoms with Gasteiger partial charge in [-0.25, -0.2) is 0 Å². The van der Waals surface area contributed by atoms with Crippen LogP contribution in [0, 0.1) is 5.92 Å². The molecule has 0 aliphatic heterocycles. The fraction of sp³-hybridized carbons (Fsp3) is 0.571. The number of aliphatic hydroxyl groups is 1. The Morgan fingerprint density at radius 3 is 2.26 bits per heavy atom. The second-order valence-corrected chi connectivity index (χ2v) is 4.92. The van der Waals surface area contributed by atoms with Crippen LogP contribution in [0.15, 0.2) is 24.3 Å². The van der Waals surface area contributed by atoms with Gasteiger partial charge in [-0.3, -0.25) is 0 Å². The third kappa shape index (κ3) is 4.21. The first-order valence-corrected chi connectivity index (χ1v) is 6.30. The molecule has 1 aromatic carbocycles. The molecule has 0 heterocycles. The van der Waals surface area contributed by atoms with Crippen molar-refractivity contribution in [3.05, 3.63) is 35.4 Å². The average Bonchev–Trinajstić information content (AvgIpc) is 2.36. The maximum absolute atomic E-state index is 12.9. The molecule has 0 saturated heterocycles. The van der Waals surface area contributed by atoms with Crippen molar-refractivity contribution in [1.82, 2.24) is 5.32 Å². The highest BCUT2D eigenvalue weighted by Gasteiger charge is 2.34. The molecule has 0 aliphatic rings. The van der Waals surface area contributed by atoms with E-state index in [1.54, 1.807) is 13.0 Å². The highest BCUT2D eigenvalue weighted by Crippen LogP contribution is 2.34. The van der Waals surface area contributed by atoms with Gasteiger partial charge >= 0.3 is 6.18 Å². The molecule has 2 nitrogen and oxygen atoms in total. The lowest BCUT2D eigenvalue weighted by Crippen LogP contribution is -2.36. The van der Waals surface area contributed by atoms with Crippen LogP contribution >= 0.6 is 0 Å². The Balaban J connectivity index is 2.91. The predicted molar refractivity (Wildman–Crippen MR) is 68.7 cm³/mol. The zero-order valence-electron chi connectivity index (χ0n) is 11.3. The van der Waals surface area contributed by atoms with E-state index >= 15 is 0 Å². The number of hydrogen-bond acceptors (Lipinski definition) is 2. The summed E-state index contributed by atoms with van der Waals surface area (Å²) < 4.78 is 38.7. The van der Waals surface area contributed by atoms with Crippen molar-refractivity contribution < 1.29 is 18.3 Å². The first kappa shape index (κ1) is 16.0. The Morgan fingerprint density at radius 1 is 1.16 bits per heavy atom. The van der Waals surface area contributed by atoms with Gasteiger partial charge in [0.1, 0.15) is 0 Å². The smallest absolute Gasteiger partial charge is 0.396 e. The van der Waals surface area contributed by atoms with E-state index < -0.39 is 17.8 Å². The van der Waals surface area contributed by atoms with Crippen LogP contribution in [0.25, 0.3) is 0 Å². The van der Waals surface area contributed by atoms with E-state index in [-0.39, 0.29) is 24.1 Å². The summed E-state index contributed by atoms with van der Waals surface area (Å²) in [7, 11) is 0. The molecule has 19 heavy (non-hydrogen) atoms. The quantitative estimate of drug-likeness (QED) is 0.863. The van der Waals surface area contributed by atoms with Gasteiger partial charge in [-0.05, 0) is 31.4 Å². The number of nitrogens with one attached hydrogen (secondary N) is 1. The molecular formula is C14H20F3NO. The first-order chi connectivity index (χ1) is 8.77. The lowest BCUT2D eigenvalue weighted by molar-refractivity contribution is -0.138. The van der Waals surface area contributed by atoms with Crippen LogP contribution in [0.2, 0.25) is 0 Å². The van der Waals surface area contributed by atoms with Gasteiger partial charge < -0.3 is 10.4 Å². The molecule has 0 amide bonds. The van der Waals surface area contributed by atoms with Crippen molar-refractivity contribution in [3.63, 3.8) is 0 Å². The fourth-order valence-corrected chi connectivity index (χ4v) is 1.94. The van der Waals surface area contributed by atoms with Crippen LogP contribution in [-0.4, -0.2) is 17.8 Å². The van der Waals surface area contributed by atoms with E-state index in [2.05, 4.69) is 5.32 Å². The molecule has 0 saturated carbocycles. The maximum Gasteiger partial charge on any atom is 0.416 e. The zero-order chi connectivity index (χ0) is 14.6. The normalized spacial score (nSPS) is 17.0. The monoisotopic (exact) mass is 275 g/mol. The average molecular weight is 275 g/mol. The van der Waals surface area contributed by atoms with Gasteiger partial charge in [0.2, 0.25) is 0 Å². The molecule has 0 aliphatic carbocycles. The third-order valence-electron chi connectivity index (χ3n) is 3.39. The van der Waals surface area contributed by atoms with Crippen LogP contribution in [0.1, 0.15) is 37.9 Å². The Bertz CT molecular complexity index is 406. The van der Waals surface area contributed by atoms with E-state index in [0.717, 1.165) is 6.07 Å². The number of alkyl halides is 3. The van der Waals surface area contributed by atoms with E-state index in [4.69, 9.17) is 5.11 Å². The molecule has 1 aromatic rings. The van der Waals surface area contributed by atoms with Gasteiger partial charge in [0.15, 0.2) is 0 Å². The molecule has 0 fully saturated rings. The van der Waals surface area contributed by atoms with Crippen LogP contribution in [0.4, 0.5) is 13.2 Å². The van der Waals surface area contributed by atoms with Crippen molar-refractivity contribution in [2.24, 2.45) is 5.92 Å². The summed E-state index contributed by atoms with van der Waals surface area (Å²) in [5, 5.41) is 12.2. The molecule has 3 atom stereocenters. The van der Waals surface area contributed by atoms with E-state index in [9.17, 15) is 13.2 Å². The molecule has 3 unspecified atom stereocenters. The van der Waals surface area contributed by atoms with Gasteiger partial charge in [-0.15, -0.1) is 0 Å². The lowest BCUT2D eigenvalue weighted by Gasteiger charge is -2.26. The second kappa shape index (κ2) is 6.39. The molecule has 2 N–H and O–H groups in total. The Hall–Kier alpha value is -1.07. The van der Waals surface area contributed by atoms with E-state index in [1.165, 1.54) is 12.1 Å². The molecule has 108 valence electrons. The lowest BCUT2D eigenvalue weighted by atomic mass is 9.98. The summed E-state index contributed by atoms with van der Waals surface area (Å²) in [5.74, 6) is -0.0134. The van der Waals surface area contributed by atoms with Gasteiger partial charge in [-0.2, -0.15) is 13.2 Å². The third-order valence-corrected chi connectivity index (χ3v) is 3.39. The van der Waals surface area contributed by atoms with Gasteiger partial charge in [-0.1, -0.05) is 25.1 Å². The Kier molecular flexibility index (Phi) is 5.38. The first-order valence-electron chi connectivity index (χ1n) is 6.30. The number of rotatable bonds is 5. The second-order valence-electron chi connectivity index (χ2n) is 4.92. The summed E-state index contributed by atoms with van der Waals surface area (Å²) >= 11 is 0. The van der Waals surface area contributed by atoms with Crippen LogP contribution in [0.3, 0.4) is 0 Å². The number of hydrogen-bond donors (Lipinski definition) is 2. The molecule has 0 radical (unpaired) electrons. The molecular weight excluding hydrogens is 255 g/mol. The maximum atomic E-state index is 12.9. The Labute approximate surface area is 111 Å². The minimum absolute atomic E-state index is 0.00179. The molecule has 0 aromatic heterocycles. The number of halogens is 3. The molecule has 1 rings (SSSR count). The van der Waals surface area contributed by atoms with Crippen molar-refractivity contribution in [1.29, 1.82) is 0 Å². The summed E-state index contributed by atoms with van der Waals surface area (Å²) in [5.41, 5.74) is -0.383. The molecule has 5 heteroatoms. The number of aliphatic hydroxyl groups excluding tert-OH is 1.